The molecular weight excluding hydrogens is 414 g/mol. The molecule has 2 aromatic carbocycles. The first-order valence-corrected chi connectivity index (χ1v) is 11.8. The summed E-state index contributed by atoms with van der Waals surface area (Å²) in [6.07, 6.45) is 0. The van der Waals surface area contributed by atoms with Crippen LogP contribution in [0, 0.1) is 6.92 Å². The van der Waals surface area contributed by atoms with E-state index in [1.54, 1.807) is 37.8 Å². The number of aryl methyl sites for hydroxylation is 1. The second kappa shape index (κ2) is 10.5. The van der Waals surface area contributed by atoms with Gasteiger partial charge in [0.15, 0.2) is 0 Å². The Kier molecular flexibility index (Phi) is 8.36. The van der Waals surface area contributed by atoms with Crippen molar-refractivity contribution in [2.24, 2.45) is 0 Å². The van der Waals surface area contributed by atoms with Gasteiger partial charge in [-0.05, 0) is 49.2 Å². The molecule has 0 aromatic heterocycles. The van der Waals surface area contributed by atoms with Crippen molar-refractivity contribution in [1.29, 1.82) is 0 Å². The minimum atomic E-state index is -3.66. The Hall–Kier alpha value is -2.71. The minimum Gasteiger partial charge on any atom is -0.339 e. The number of carbonyl (C=O) groups excluding carboxylic acids is 2. The summed E-state index contributed by atoms with van der Waals surface area (Å²) < 4.78 is 27.0. The molecule has 0 spiro atoms. The Morgan fingerprint density at radius 1 is 0.968 bits per heavy atom. The van der Waals surface area contributed by atoms with Crippen LogP contribution in [0.3, 0.4) is 0 Å². The maximum absolute atomic E-state index is 12.9. The first-order valence-electron chi connectivity index (χ1n) is 10.4. The number of hydrogen-bond donors (Lipinski definition) is 1. The Labute approximate surface area is 185 Å². The van der Waals surface area contributed by atoms with Crippen LogP contribution in [-0.4, -0.2) is 49.1 Å². The van der Waals surface area contributed by atoms with Crippen molar-refractivity contribution in [3.8, 4) is 0 Å². The van der Waals surface area contributed by atoms with Gasteiger partial charge in [-0.3, -0.25) is 9.59 Å². The Balaban J connectivity index is 2.29. The molecule has 2 amide bonds. The third-order valence-corrected chi connectivity index (χ3v) is 7.23. The van der Waals surface area contributed by atoms with E-state index in [1.165, 1.54) is 23.4 Å². The third kappa shape index (κ3) is 5.92. The lowest BCUT2D eigenvalue weighted by atomic mass is 10.1. The van der Waals surface area contributed by atoms with Crippen molar-refractivity contribution < 1.29 is 18.0 Å². The summed E-state index contributed by atoms with van der Waals surface area (Å²) in [5.41, 5.74) is 2.46. The molecule has 0 saturated carbocycles. The molecule has 31 heavy (non-hydrogen) atoms. The molecule has 0 fully saturated rings. The van der Waals surface area contributed by atoms with Crippen molar-refractivity contribution in [2.45, 2.75) is 46.1 Å². The van der Waals surface area contributed by atoms with E-state index in [-0.39, 0.29) is 16.7 Å². The molecule has 0 unspecified atom stereocenters. The third-order valence-electron chi connectivity index (χ3n) is 5.18. The zero-order valence-corrected chi connectivity index (χ0v) is 19.6. The SMILES string of the molecule is CCN(Cc1cccc(NC(=O)c2cc(S(=O)(=O)N(CC)CC)ccc2C)c1)C(C)=O. The largest absolute Gasteiger partial charge is 0.339 e. The number of nitrogens with zero attached hydrogens (tertiary/aromatic N) is 2. The molecule has 0 heterocycles. The smallest absolute Gasteiger partial charge is 0.255 e. The van der Waals surface area contributed by atoms with E-state index >= 15 is 0 Å². The second-order valence-corrected chi connectivity index (χ2v) is 9.19. The maximum atomic E-state index is 12.9. The summed E-state index contributed by atoms with van der Waals surface area (Å²) in [6.45, 7) is 10.5. The highest BCUT2D eigenvalue weighted by Crippen LogP contribution is 2.21. The minimum absolute atomic E-state index is 0.0150. The molecule has 0 bridgehead atoms. The van der Waals surface area contributed by atoms with Crippen LogP contribution in [0.4, 0.5) is 5.69 Å². The topological polar surface area (TPSA) is 86.8 Å². The lowest BCUT2D eigenvalue weighted by Gasteiger charge is -2.20. The Bertz CT molecular complexity index is 1050. The number of rotatable bonds is 9. The van der Waals surface area contributed by atoms with Crippen molar-refractivity contribution >= 4 is 27.5 Å². The molecule has 0 aliphatic rings. The maximum Gasteiger partial charge on any atom is 0.255 e. The standard InChI is InChI=1S/C23H31N3O4S/c1-6-25(18(5)27)16-19-10-9-11-20(14-19)24-23(28)22-15-21(13-12-17(22)4)31(29,30)26(7-2)8-3/h9-15H,6-8,16H2,1-5H3,(H,24,28). The van der Waals surface area contributed by atoms with Crippen LogP contribution in [0.1, 0.15) is 49.2 Å². The molecule has 168 valence electrons. The van der Waals surface area contributed by atoms with Crippen molar-refractivity contribution in [2.75, 3.05) is 25.0 Å². The van der Waals surface area contributed by atoms with Gasteiger partial charge in [-0.25, -0.2) is 8.42 Å². The summed E-state index contributed by atoms with van der Waals surface area (Å²) in [7, 11) is -3.66. The van der Waals surface area contributed by atoms with Crippen LogP contribution in [0.5, 0.6) is 0 Å². The van der Waals surface area contributed by atoms with E-state index in [0.717, 1.165) is 5.56 Å². The fraction of sp³-hybridized carbons (Fsp3) is 0.391. The number of sulfonamides is 1. The van der Waals surface area contributed by atoms with E-state index in [4.69, 9.17) is 0 Å². The average Bonchev–Trinajstić information content (AvgIpc) is 2.72. The number of carbonyl (C=O) groups is 2. The zero-order chi connectivity index (χ0) is 23.2. The van der Waals surface area contributed by atoms with Gasteiger partial charge < -0.3 is 10.2 Å². The highest BCUT2D eigenvalue weighted by Gasteiger charge is 2.23. The molecule has 2 aromatic rings. The highest BCUT2D eigenvalue weighted by molar-refractivity contribution is 7.89. The van der Waals surface area contributed by atoms with Gasteiger partial charge in [-0.15, -0.1) is 0 Å². The van der Waals surface area contributed by atoms with Crippen molar-refractivity contribution in [1.82, 2.24) is 9.21 Å². The first-order chi connectivity index (χ1) is 14.6. The van der Waals surface area contributed by atoms with Gasteiger partial charge in [0.25, 0.3) is 5.91 Å². The molecule has 8 heteroatoms. The molecule has 0 saturated heterocycles. The Morgan fingerprint density at radius 2 is 1.65 bits per heavy atom. The highest BCUT2D eigenvalue weighted by atomic mass is 32.2. The quantitative estimate of drug-likeness (QED) is 0.638. The molecule has 0 aliphatic heterocycles. The predicted molar refractivity (Wildman–Crippen MR) is 122 cm³/mol. The van der Waals surface area contributed by atoms with E-state index in [1.807, 2.05) is 25.1 Å². The lowest BCUT2D eigenvalue weighted by Crippen LogP contribution is -2.30. The summed E-state index contributed by atoms with van der Waals surface area (Å²) in [5.74, 6) is -0.399. The van der Waals surface area contributed by atoms with Crippen LogP contribution in [-0.2, 0) is 21.4 Å². The monoisotopic (exact) mass is 445 g/mol. The number of hydrogen-bond acceptors (Lipinski definition) is 4. The Morgan fingerprint density at radius 3 is 2.23 bits per heavy atom. The molecule has 0 radical (unpaired) electrons. The van der Waals surface area contributed by atoms with Crippen molar-refractivity contribution in [3.05, 3.63) is 59.2 Å². The van der Waals surface area contributed by atoms with Crippen LogP contribution in [0.25, 0.3) is 0 Å². The van der Waals surface area contributed by atoms with Gasteiger partial charge in [0.2, 0.25) is 15.9 Å². The number of amides is 2. The summed E-state index contributed by atoms with van der Waals surface area (Å²) in [4.78, 5) is 26.4. The molecule has 0 aliphatic carbocycles. The van der Waals surface area contributed by atoms with Gasteiger partial charge >= 0.3 is 0 Å². The normalized spacial score (nSPS) is 11.4. The zero-order valence-electron chi connectivity index (χ0n) is 18.8. The van der Waals surface area contributed by atoms with Gasteiger partial charge in [0, 0.05) is 44.4 Å². The van der Waals surface area contributed by atoms with Crippen molar-refractivity contribution in [3.63, 3.8) is 0 Å². The molecular formula is C23H31N3O4S. The van der Waals surface area contributed by atoms with Crippen LogP contribution >= 0.6 is 0 Å². The van der Waals surface area contributed by atoms with Gasteiger partial charge in [0.1, 0.15) is 0 Å². The molecule has 1 N–H and O–H groups in total. The summed E-state index contributed by atoms with van der Waals surface area (Å²) >= 11 is 0. The molecule has 7 nitrogen and oxygen atoms in total. The number of nitrogens with one attached hydrogen (secondary N) is 1. The fourth-order valence-electron chi connectivity index (χ4n) is 3.33. The predicted octanol–water partition coefficient (Wildman–Crippen LogP) is 3.65. The van der Waals surface area contributed by atoms with Gasteiger partial charge in [-0.2, -0.15) is 4.31 Å². The van der Waals surface area contributed by atoms with Gasteiger partial charge in [0.05, 0.1) is 4.90 Å². The van der Waals surface area contributed by atoms with E-state index in [9.17, 15) is 18.0 Å². The van der Waals surface area contributed by atoms with Crippen LogP contribution in [0.2, 0.25) is 0 Å². The molecule has 2 rings (SSSR count). The first kappa shape index (κ1) is 24.6. The summed E-state index contributed by atoms with van der Waals surface area (Å²) in [6, 6.07) is 11.9. The summed E-state index contributed by atoms with van der Waals surface area (Å²) in [5, 5.41) is 2.84. The average molecular weight is 446 g/mol. The number of anilines is 1. The van der Waals surface area contributed by atoms with Crippen LogP contribution < -0.4 is 5.32 Å². The lowest BCUT2D eigenvalue weighted by molar-refractivity contribution is -0.129. The fourth-order valence-corrected chi connectivity index (χ4v) is 4.82. The van der Waals surface area contributed by atoms with E-state index in [2.05, 4.69) is 5.32 Å². The van der Waals surface area contributed by atoms with E-state index in [0.29, 0.717) is 43.0 Å². The van der Waals surface area contributed by atoms with E-state index < -0.39 is 10.0 Å². The second-order valence-electron chi connectivity index (χ2n) is 7.25. The number of benzene rings is 2. The van der Waals surface area contributed by atoms with Gasteiger partial charge in [-0.1, -0.05) is 32.0 Å². The molecule has 0 atom stereocenters. The van der Waals surface area contributed by atoms with Crippen LogP contribution in [0.15, 0.2) is 47.4 Å².